The molecule has 0 aliphatic rings. The number of carbonyl (C=O) groups is 2. The van der Waals surface area contributed by atoms with Crippen LogP contribution >= 0.6 is 0 Å². The second-order valence-corrected chi connectivity index (χ2v) is 5.52. The number of amides is 1. The van der Waals surface area contributed by atoms with Crippen molar-refractivity contribution in [2.45, 2.75) is 39.3 Å². The van der Waals surface area contributed by atoms with Crippen LogP contribution in [-0.2, 0) is 9.53 Å². The summed E-state index contributed by atoms with van der Waals surface area (Å²) < 4.78 is 17.9. The number of ether oxygens (including phenoxy) is 1. The minimum atomic E-state index is -0.967. The van der Waals surface area contributed by atoms with Gasteiger partial charge in [0, 0.05) is 11.2 Å². The SMILES string of the molecule is C[C@@H](OC(=O)c1ccc(F)cc1N)C(=O)NC(C)(C)C. The largest absolute Gasteiger partial charge is 0.449 e. The number of carbonyl (C=O) groups excluding carboxylic acids is 2. The molecule has 20 heavy (non-hydrogen) atoms. The average Bonchev–Trinajstić information content (AvgIpc) is 2.26. The van der Waals surface area contributed by atoms with Crippen molar-refractivity contribution in [2.24, 2.45) is 0 Å². The van der Waals surface area contributed by atoms with E-state index in [2.05, 4.69) is 5.32 Å². The molecule has 0 unspecified atom stereocenters. The Morgan fingerprint density at radius 3 is 2.45 bits per heavy atom. The van der Waals surface area contributed by atoms with Gasteiger partial charge in [0.25, 0.3) is 5.91 Å². The highest BCUT2D eigenvalue weighted by molar-refractivity contribution is 5.96. The lowest BCUT2D eigenvalue weighted by Gasteiger charge is -2.23. The zero-order valence-electron chi connectivity index (χ0n) is 12.0. The van der Waals surface area contributed by atoms with Crippen LogP contribution < -0.4 is 11.1 Å². The summed E-state index contributed by atoms with van der Waals surface area (Å²) in [4.78, 5) is 23.6. The van der Waals surface area contributed by atoms with Gasteiger partial charge in [0.2, 0.25) is 0 Å². The molecule has 0 heterocycles. The molecular weight excluding hydrogens is 263 g/mol. The maximum atomic E-state index is 12.9. The summed E-state index contributed by atoms with van der Waals surface area (Å²) in [5.74, 6) is -1.72. The van der Waals surface area contributed by atoms with Gasteiger partial charge in [0.1, 0.15) is 5.82 Å². The third-order valence-corrected chi connectivity index (χ3v) is 2.38. The Balaban J connectivity index is 2.73. The Bertz CT molecular complexity index is 524. The first-order valence-electron chi connectivity index (χ1n) is 6.18. The van der Waals surface area contributed by atoms with E-state index in [1.54, 1.807) is 0 Å². The van der Waals surface area contributed by atoms with E-state index < -0.39 is 29.3 Å². The summed E-state index contributed by atoms with van der Waals surface area (Å²) in [6.45, 7) is 6.91. The number of nitrogen functional groups attached to an aromatic ring is 1. The molecule has 110 valence electrons. The lowest BCUT2D eigenvalue weighted by Crippen LogP contribution is -2.46. The minimum Gasteiger partial charge on any atom is -0.449 e. The number of nitrogens with two attached hydrogens (primary N) is 1. The summed E-state index contributed by atoms with van der Waals surface area (Å²) in [5.41, 5.74) is 5.11. The topological polar surface area (TPSA) is 81.4 Å². The molecule has 5 nitrogen and oxygen atoms in total. The number of esters is 1. The van der Waals surface area contributed by atoms with E-state index in [1.165, 1.54) is 13.0 Å². The van der Waals surface area contributed by atoms with Crippen molar-refractivity contribution in [1.29, 1.82) is 0 Å². The molecule has 1 aromatic rings. The molecule has 6 heteroatoms. The van der Waals surface area contributed by atoms with E-state index in [0.29, 0.717) is 0 Å². The molecule has 0 spiro atoms. The van der Waals surface area contributed by atoms with Gasteiger partial charge in [-0.3, -0.25) is 4.79 Å². The van der Waals surface area contributed by atoms with Gasteiger partial charge < -0.3 is 15.8 Å². The van der Waals surface area contributed by atoms with E-state index in [1.807, 2.05) is 20.8 Å². The van der Waals surface area contributed by atoms with Gasteiger partial charge in [0.05, 0.1) is 5.56 Å². The predicted molar refractivity (Wildman–Crippen MR) is 73.6 cm³/mol. The van der Waals surface area contributed by atoms with Gasteiger partial charge >= 0.3 is 5.97 Å². The van der Waals surface area contributed by atoms with Crippen LogP contribution in [0.5, 0.6) is 0 Å². The number of halogens is 1. The number of rotatable bonds is 3. The highest BCUT2D eigenvalue weighted by Crippen LogP contribution is 2.15. The second kappa shape index (κ2) is 5.90. The summed E-state index contributed by atoms with van der Waals surface area (Å²) in [7, 11) is 0. The van der Waals surface area contributed by atoms with E-state index >= 15 is 0 Å². The smallest absolute Gasteiger partial charge is 0.341 e. The lowest BCUT2D eigenvalue weighted by atomic mass is 10.1. The fourth-order valence-corrected chi connectivity index (χ4v) is 1.47. The van der Waals surface area contributed by atoms with Crippen molar-refractivity contribution in [3.8, 4) is 0 Å². The van der Waals surface area contributed by atoms with Crippen LogP contribution in [-0.4, -0.2) is 23.5 Å². The zero-order valence-corrected chi connectivity index (χ0v) is 12.0. The molecule has 0 radical (unpaired) electrons. The molecule has 0 saturated heterocycles. The molecule has 0 aliphatic heterocycles. The molecule has 0 aliphatic carbocycles. The molecule has 1 amide bonds. The monoisotopic (exact) mass is 282 g/mol. The van der Waals surface area contributed by atoms with Crippen LogP contribution in [0.3, 0.4) is 0 Å². The van der Waals surface area contributed by atoms with Crippen molar-refractivity contribution in [3.05, 3.63) is 29.6 Å². The Morgan fingerprint density at radius 2 is 1.95 bits per heavy atom. The third-order valence-electron chi connectivity index (χ3n) is 2.38. The van der Waals surface area contributed by atoms with Gasteiger partial charge in [-0.2, -0.15) is 0 Å². The molecule has 0 saturated carbocycles. The molecular formula is C14H19FN2O3. The number of benzene rings is 1. The maximum absolute atomic E-state index is 12.9. The fourth-order valence-electron chi connectivity index (χ4n) is 1.47. The fraction of sp³-hybridized carbons (Fsp3) is 0.429. The number of hydrogen-bond acceptors (Lipinski definition) is 4. The summed E-state index contributed by atoms with van der Waals surface area (Å²) in [6, 6.07) is 3.35. The van der Waals surface area contributed by atoms with E-state index in [9.17, 15) is 14.0 Å². The zero-order chi connectivity index (χ0) is 15.5. The Labute approximate surface area is 117 Å². The minimum absolute atomic E-state index is 0.0292. The van der Waals surface area contributed by atoms with Gasteiger partial charge in [0.15, 0.2) is 6.10 Å². The summed E-state index contributed by atoms with van der Waals surface area (Å²) in [5, 5.41) is 2.69. The van der Waals surface area contributed by atoms with Gasteiger partial charge in [-0.1, -0.05) is 0 Å². The van der Waals surface area contributed by atoms with Crippen molar-refractivity contribution >= 4 is 17.6 Å². The maximum Gasteiger partial charge on any atom is 0.341 e. The Morgan fingerprint density at radius 1 is 1.35 bits per heavy atom. The third kappa shape index (κ3) is 4.53. The first-order valence-corrected chi connectivity index (χ1v) is 6.18. The molecule has 3 N–H and O–H groups in total. The highest BCUT2D eigenvalue weighted by atomic mass is 19.1. The molecule has 0 bridgehead atoms. The van der Waals surface area contributed by atoms with Gasteiger partial charge in [-0.15, -0.1) is 0 Å². The predicted octanol–water partition coefficient (Wildman–Crippen LogP) is 1.87. The lowest BCUT2D eigenvalue weighted by molar-refractivity contribution is -0.130. The molecule has 0 fully saturated rings. The second-order valence-electron chi connectivity index (χ2n) is 5.52. The van der Waals surface area contributed by atoms with E-state index in [4.69, 9.17) is 10.5 Å². The van der Waals surface area contributed by atoms with Crippen molar-refractivity contribution in [3.63, 3.8) is 0 Å². The molecule has 1 atom stereocenters. The van der Waals surface area contributed by atoms with Crippen LogP contribution in [0.25, 0.3) is 0 Å². The van der Waals surface area contributed by atoms with Gasteiger partial charge in [-0.05, 0) is 45.9 Å². The van der Waals surface area contributed by atoms with Crippen LogP contribution in [0.2, 0.25) is 0 Å². The molecule has 1 aromatic carbocycles. The molecule has 0 aromatic heterocycles. The van der Waals surface area contributed by atoms with Crippen LogP contribution in [0, 0.1) is 5.82 Å². The highest BCUT2D eigenvalue weighted by Gasteiger charge is 2.23. The molecule has 1 rings (SSSR count). The van der Waals surface area contributed by atoms with Crippen LogP contribution in [0.15, 0.2) is 18.2 Å². The van der Waals surface area contributed by atoms with Gasteiger partial charge in [-0.25, -0.2) is 9.18 Å². The first kappa shape index (κ1) is 15.9. The van der Waals surface area contributed by atoms with E-state index in [-0.39, 0.29) is 11.3 Å². The number of nitrogens with one attached hydrogen (secondary N) is 1. The Hall–Kier alpha value is -2.11. The van der Waals surface area contributed by atoms with Crippen molar-refractivity contribution in [1.82, 2.24) is 5.32 Å². The Kier molecular flexibility index (Phi) is 4.70. The number of hydrogen-bond donors (Lipinski definition) is 2. The summed E-state index contributed by atoms with van der Waals surface area (Å²) >= 11 is 0. The number of anilines is 1. The standard InChI is InChI=1S/C14H19FN2O3/c1-8(12(18)17-14(2,3)4)20-13(19)10-6-5-9(15)7-11(10)16/h5-8H,16H2,1-4H3,(H,17,18)/t8-/m1/s1. The summed E-state index contributed by atoms with van der Waals surface area (Å²) in [6.07, 6.45) is -0.967. The average molecular weight is 282 g/mol. The van der Waals surface area contributed by atoms with E-state index in [0.717, 1.165) is 12.1 Å². The quantitative estimate of drug-likeness (QED) is 0.655. The first-order chi connectivity index (χ1) is 9.10. The van der Waals surface area contributed by atoms with Crippen LogP contribution in [0.4, 0.5) is 10.1 Å². The van der Waals surface area contributed by atoms with Crippen LogP contribution in [0.1, 0.15) is 38.1 Å². The normalized spacial score (nSPS) is 12.7. The van der Waals surface area contributed by atoms with Crippen molar-refractivity contribution < 1.29 is 18.7 Å². The van der Waals surface area contributed by atoms with Crippen molar-refractivity contribution in [2.75, 3.05) is 5.73 Å².